The highest BCUT2D eigenvalue weighted by atomic mass is 79.9. The zero-order valence-electron chi connectivity index (χ0n) is 9.07. The Bertz CT molecular complexity index is 332. The Morgan fingerprint density at radius 2 is 2.33 bits per heavy atom. The Balaban J connectivity index is 2.80. The first-order valence-electron chi connectivity index (χ1n) is 5.06. The maximum Gasteiger partial charge on any atom is 0.0863 e. The third kappa shape index (κ3) is 3.63. The number of hydrogen-bond donors (Lipinski definition) is 1. The maximum atomic E-state index is 5.38. The Morgan fingerprint density at radius 3 is 2.80 bits per heavy atom. The van der Waals surface area contributed by atoms with Gasteiger partial charge in [-0.15, -0.1) is 0 Å². The van der Waals surface area contributed by atoms with Gasteiger partial charge in [0.2, 0.25) is 0 Å². The van der Waals surface area contributed by atoms with E-state index in [0.29, 0.717) is 5.92 Å². The summed E-state index contributed by atoms with van der Waals surface area (Å²) >= 11 is 3.35. The van der Waals surface area contributed by atoms with Crippen LogP contribution in [0.5, 0.6) is 0 Å². The van der Waals surface area contributed by atoms with Crippen molar-refractivity contribution < 1.29 is 0 Å². The zero-order chi connectivity index (χ0) is 11.3. The van der Waals surface area contributed by atoms with Gasteiger partial charge in [0.25, 0.3) is 0 Å². The molecular weight excluding hydrogens is 254 g/mol. The number of nitrogens with zero attached hydrogens (tertiary/aromatic N) is 2. The van der Waals surface area contributed by atoms with E-state index in [2.05, 4.69) is 39.9 Å². The fourth-order valence-electron chi connectivity index (χ4n) is 1.24. The van der Waals surface area contributed by atoms with Crippen LogP contribution >= 0.6 is 15.9 Å². The summed E-state index contributed by atoms with van der Waals surface area (Å²) in [5.41, 5.74) is 1.73. The third-order valence-electron chi connectivity index (χ3n) is 2.42. The van der Waals surface area contributed by atoms with Crippen LogP contribution in [-0.2, 0) is 0 Å². The molecule has 15 heavy (non-hydrogen) atoms. The highest BCUT2D eigenvalue weighted by Crippen LogP contribution is 2.13. The monoisotopic (exact) mass is 269 g/mol. The molecule has 0 aliphatic rings. The van der Waals surface area contributed by atoms with Gasteiger partial charge in [0.1, 0.15) is 0 Å². The summed E-state index contributed by atoms with van der Waals surface area (Å²) < 4.78 is 0.964. The van der Waals surface area contributed by atoms with Crippen molar-refractivity contribution in [3.63, 3.8) is 0 Å². The van der Waals surface area contributed by atoms with E-state index >= 15 is 0 Å². The molecule has 3 nitrogen and oxygen atoms in total. The standard InChI is InChI=1S/C11H16BrN3/c1-3-8(2)6-11(15-13)10-5-4-9(12)7-14-10/h4-5,7-8H,3,6,13H2,1-2H3/b15-11+/t8-/m1/s1. The van der Waals surface area contributed by atoms with Crippen LogP contribution in [0, 0.1) is 5.92 Å². The van der Waals surface area contributed by atoms with E-state index in [1.807, 2.05) is 12.1 Å². The molecule has 0 fully saturated rings. The van der Waals surface area contributed by atoms with Crippen LogP contribution in [0.25, 0.3) is 0 Å². The molecule has 0 aliphatic carbocycles. The highest BCUT2D eigenvalue weighted by molar-refractivity contribution is 9.10. The summed E-state index contributed by atoms with van der Waals surface area (Å²) in [6, 6.07) is 3.88. The first kappa shape index (κ1) is 12.2. The lowest BCUT2D eigenvalue weighted by Crippen LogP contribution is -2.10. The highest BCUT2D eigenvalue weighted by Gasteiger charge is 2.09. The van der Waals surface area contributed by atoms with Gasteiger partial charge in [-0.1, -0.05) is 20.3 Å². The average Bonchev–Trinajstić information content (AvgIpc) is 2.27. The van der Waals surface area contributed by atoms with Crippen LogP contribution < -0.4 is 5.84 Å². The molecule has 82 valence electrons. The molecule has 0 unspecified atom stereocenters. The smallest absolute Gasteiger partial charge is 0.0863 e. The lowest BCUT2D eigenvalue weighted by atomic mass is 10.00. The van der Waals surface area contributed by atoms with Gasteiger partial charge in [0, 0.05) is 10.7 Å². The van der Waals surface area contributed by atoms with Gasteiger partial charge < -0.3 is 5.84 Å². The topological polar surface area (TPSA) is 51.3 Å². The molecule has 0 amide bonds. The lowest BCUT2D eigenvalue weighted by molar-refractivity contribution is 0.586. The summed E-state index contributed by atoms with van der Waals surface area (Å²) in [6.45, 7) is 4.35. The van der Waals surface area contributed by atoms with Gasteiger partial charge in [-0.3, -0.25) is 4.98 Å². The molecule has 1 rings (SSSR count). The van der Waals surface area contributed by atoms with Crippen LogP contribution in [0.15, 0.2) is 27.9 Å². The van der Waals surface area contributed by atoms with E-state index < -0.39 is 0 Å². The van der Waals surface area contributed by atoms with Crippen LogP contribution in [0.3, 0.4) is 0 Å². The summed E-state index contributed by atoms with van der Waals surface area (Å²) in [4.78, 5) is 4.28. The largest absolute Gasteiger partial charge is 0.323 e. The van der Waals surface area contributed by atoms with Crippen molar-refractivity contribution >= 4 is 21.6 Å². The summed E-state index contributed by atoms with van der Waals surface area (Å²) in [6.07, 6.45) is 3.76. The molecule has 1 aromatic heterocycles. The Hall–Kier alpha value is -0.900. The number of hydrazone groups is 1. The van der Waals surface area contributed by atoms with Crippen molar-refractivity contribution in [2.75, 3.05) is 0 Å². The van der Waals surface area contributed by atoms with Crippen molar-refractivity contribution in [1.29, 1.82) is 0 Å². The molecule has 0 bridgehead atoms. The predicted molar refractivity (Wildman–Crippen MR) is 66.7 cm³/mol. The molecule has 0 aliphatic heterocycles. The van der Waals surface area contributed by atoms with Crippen molar-refractivity contribution in [3.05, 3.63) is 28.5 Å². The minimum absolute atomic E-state index is 0.581. The average molecular weight is 270 g/mol. The van der Waals surface area contributed by atoms with Crippen LogP contribution in [0.1, 0.15) is 32.4 Å². The summed E-state index contributed by atoms with van der Waals surface area (Å²) in [5, 5.41) is 3.81. The van der Waals surface area contributed by atoms with E-state index in [1.54, 1.807) is 6.20 Å². The first-order chi connectivity index (χ1) is 7.17. The fourth-order valence-corrected chi connectivity index (χ4v) is 1.48. The second-order valence-corrected chi connectivity index (χ2v) is 4.57. The second-order valence-electron chi connectivity index (χ2n) is 3.65. The van der Waals surface area contributed by atoms with Crippen molar-refractivity contribution in [2.24, 2.45) is 16.9 Å². The normalized spacial score (nSPS) is 13.9. The number of nitrogens with two attached hydrogens (primary N) is 1. The van der Waals surface area contributed by atoms with E-state index in [0.717, 1.165) is 28.7 Å². The fraction of sp³-hybridized carbons (Fsp3) is 0.455. The van der Waals surface area contributed by atoms with Gasteiger partial charge in [-0.05, 0) is 40.4 Å². The van der Waals surface area contributed by atoms with Crippen molar-refractivity contribution in [3.8, 4) is 0 Å². The van der Waals surface area contributed by atoms with E-state index in [9.17, 15) is 0 Å². The molecule has 1 atom stereocenters. The van der Waals surface area contributed by atoms with E-state index in [1.165, 1.54) is 0 Å². The van der Waals surface area contributed by atoms with Crippen LogP contribution in [-0.4, -0.2) is 10.7 Å². The molecule has 0 radical (unpaired) electrons. The van der Waals surface area contributed by atoms with Gasteiger partial charge in [0.15, 0.2) is 0 Å². The molecule has 4 heteroatoms. The van der Waals surface area contributed by atoms with Gasteiger partial charge >= 0.3 is 0 Å². The van der Waals surface area contributed by atoms with Crippen molar-refractivity contribution in [2.45, 2.75) is 26.7 Å². The summed E-state index contributed by atoms with van der Waals surface area (Å²) in [7, 11) is 0. The van der Waals surface area contributed by atoms with Gasteiger partial charge in [0.05, 0.1) is 11.4 Å². The maximum absolute atomic E-state index is 5.38. The molecule has 0 saturated heterocycles. The quantitative estimate of drug-likeness (QED) is 0.519. The molecule has 1 heterocycles. The Kier molecular flexibility index (Phi) is 4.75. The molecule has 2 N–H and O–H groups in total. The Morgan fingerprint density at radius 1 is 1.60 bits per heavy atom. The third-order valence-corrected chi connectivity index (χ3v) is 2.89. The second kappa shape index (κ2) is 5.85. The number of rotatable bonds is 4. The molecule has 0 saturated carbocycles. The number of pyridine rings is 1. The van der Waals surface area contributed by atoms with E-state index in [4.69, 9.17) is 5.84 Å². The van der Waals surface area contributed by atoms with Gasteiger partial charge in [-0.25, -0.2) is 0 Å². The zero-order valence-corrected chi connectivity index (χ0v) is 10.7. The molecule has 0 aromatic carbocycles. The lowest BCUT2D eigenvalue weighted by Gasteiger charge is -2.09. The molecule has 0 spiro atoms. The Labute approximate surface area is 98.9 Å². The molecule has 1 aromatic rings. The van der Waals surface area contributed by atoms with E-state index in [-0.39, 0.29) is 0 Å². The van der Waals surface area contributed by atoms with Crippen LogP contribution in [0.4, 0.5) is 0 Å². The van der Waals surface area contributed by atoms with Crippen molar-refractivity contribution in [1.82, 2.24) is 4.98 Å². The summed E-state index contributed by atoms with van der Waals surface area (Å²) in [5.74, 6) is 5.96. The minimum atomic E-state index is 0.581. The number of aromatic nitrogens is 1. The number of halogens is 1. The predicted octanol–water partition coefficient (Wildman–Crippen LogP) is 2.94. The number of hydrogen-bond acceptors (Lipinski definition) is 3. The van der Waals surface area contributed by atoms with Gasteiger partial charge in [-0.2, -0.15) is 5.10 Å². The van der Waals surface area contributed by atoms with Crippen LogP contribution in [0.2, 0.25) is 0 Å². The molecular formula is C11H16BrN3. The SMILES string of the molecule is CC[C@@H](C)C/C(=N\N)c1ccc(Br)cn1. The first-order valence-corrected chi connectivity index (χ1v) is 5.85. The minimum Gasteiger partial charge on any atom is -0.323 e.